The number of carbonyl (C=O) groups is 2. The lowest BCUT2D eigenvalue weighted by atomic mass is 9.60. The van der Waals surface area contributed by atoms with E-state index in [1.54, 1.807) is 14.2 Å². The molecule has 11 nitrogen and oxygen atoms in total. The number of halogens is 2. The summed E-state index contributed by atoms with van der Waals surface area (Å²) < 4.78 is 35.2. The molecule has 2 bridgehead atoms. The van der Waals surface area contributed by atoms with E-state index >= 15 is 0 Å². The van der Waals surface area contributed by atoms with E-state index in [2.05, 4.69) is 21.3 Å². The number of rotatable bonds is 10. The molecule has 4 fully saturated rings. The number of hydrogen-bond donors (Lipinski definition) is 5. The fourth-order valence-electron chi connectivity index (χ4n) is 5.32. The molecule has 1 aliphatic heterocycles. The Morgan fingerprint density at radius 1 is 1.08 bits per heavy atom. The first kappa shape index (κ1) is 28.0. The fourth-order valence-corrected chi connectivity index (χ4v) is 5.44. The molecule has 3 atom stereocenters. The van der Waals surface area contributed by atoms with Crippen LogP contribution >= 0.6 is 11.6 Å². The molecule has 1 aromatic rings. The van der Waals surface area contributed by atoms with E-state index < -0.39 is 29.4 Å². The molecule has 37 heavy (non-hydrogen) atoms. The van der Waals surface area contributed by atoms with E-state index in [4.69, 9.17) is 30.5 Å². The summed E-state index contributed by atoms with van der Waals surface area (Å²) in [5.74, 6) is -1.15. The third-order valence-electron chi connectivity index (χ3n) is 7.43. The van der Waals surface area contributed by atoms with Crippen LogP contribution in [0.25, 0.3) is 0 Å². The second-order valence-corrected chi connectivity index (χ2v) is 10.2. The van der Waals surface area contributed by atoms with Gasteiger partial charge in [-0.3, -0.25) is 20.2 Å². The molecular weight excluding hydrogens is 511 g/mol. The van der Waals surface area contributed by atoms with Gasteiger partial charge in [0.1, 0.15) is 30.6 Å². The van der Waals surface area contributed by atoms with Gasteiger partial charge in [-0.1, -0.05) is 11.6 Å². The maximum absolute atomic E-state index is 13.6. The quantitative estimate of drug-likeness (QED) is 0.288. The largest absolute Gasteiger partial charge is 0.484 e. The maximum atomic E-state index is 13.6. The van der Waals surface area contributed by atoms with Crippen LogP contribution in [0, 0.1) is 5.82 Å². The first-order valence-corrected chi connectivity index (χ1v) is 12.6. The van der Waals surface area contributed by atoms with Crippen molar-refractivity contribution in [3.05, 3.63) is 29.0 Å². The van der Waals surface area contributed by atoms with Crippen molar-refractivity contribution in [3.63, 3.8) is 0 Å². The van der Waals surface area contributed by atoms with Gasteiger partial charge in [-0.25, -0.2) is 4.39 Å². The van der Waals surface area contributed by atoms with E-state index in [1.165, 1.54) is 12.1 Å². The third-order valence-corrected chi connectivity index (χ3v) is 7.73. The van der Waals surface area contributed by atoms with E-state index in [9.17, 15) is 19.1 Å². The smallest absolute Gasteiger partial charge is 0.258 e. The number of benzene rings is 1. The zero-order valence-corrected chi connectivity index (χ0v) is 21.6. The Labute approximate surface area is 219 Å². The molecule has 1 saturated heterocycles. The van der Waals surface area contributed by atoms with Crippen LogP contribution in [-0.4, -0.2) is 80.3 Å². The predicted molar refractivity (Wildman–Crippen MR) is 130 cm³/mol. The zero-order chi connectivity index (χ0) is 26.6. The molecule has 0 aromatic heterocycles. The Morgan fingerprint density at radius 2 is 1.73 bits per heavy atom. The van der Waals surface area contributed by atoms with Gasteiger partial charge in [-0.2, -0.15) is 0 Å². The number of ether oxygens (including phenoxy) is 4. The summed E-state index contributed by atoms with van der Waals surface area (Å²) in [6.45, 7) is -0.522. The van der Waals surface area contributed by atoms with Crippen LogP contribution in [0.15, 0.2) is 18.2 Å². The third kappa shape index (κ3) is 6.69. The molecule has 5 N–H and O–H groups in total. The Morgan fingerprint density at radius 3 is 2.32 bits per heavy atom. The van der Waals surface area contributed by atoms with Crippen LogP contribution in [0.1, 0.15) is 38.5 Å². The molecule has 0 spiro atoms. The number of carbonyl (C=O) groups excluding carboxylic acids is 2. The minimum absolute atomic E-state index is 0.0296. The summed E-state index contributed by atoms with van der Waals surface area (Å²) in [6.07, 6.45) is 1.02. The minimum atomic E-state index is -0.841. The van der Waals surface area contributed by atoms with E-state index in [0.717, 1.165) is 6.07 Å². The number of methoxy groups -OCH3 is 2. The van der Waals surface area contributed by atoms with Gasteiger partial charge < -0.3 is 34.7 Å². The van der Waals surface area contributed by atoms with Gasteiger partial charge >= 0.3 is 0 Å². The first-order valence-electron chi connectivity index (χ1n) is 12.2. The number of amides is 2. The van der Waals surface area contributed by atoms with Gasteiger partial charge in [0, 0.05) is 32.2 Å². The monoisotopic (exact) mass is 544 g/mol. The van der Waals surface area contributed by atoms with E-state index in [1.807, 2.05) is 0 Å². The summed E-state index contributed by atoms with van der Waals surface area (Å²) in [4.78, 5) is 25.3. The number of aliphatic hydroxyl groups excluding tert-OH is 1. The van der Waals surface area contributed by atoms with Crippen LogP contribution in [0.5, 0.6) is 5.75 Å². The van der Waals surface area contributed by atoms with Gasteiger partial charge in [0.2, 0.25) is 5.91 Å². The number of nitrogens with one attached hydrogen (secondary N) is 4. The van der Waals surface area contributed by atoms with Crippen molar-refractivity contribution >= 4 is 23.4 Å². The predicted octanol–water partition coefficient (Wildman–Crippen LogP) is 0.735. The van der Waals surface area contributed by atoms with Crippen LogP contribution in [0.4, 0.5) is 4.39 Å². The molecule has 3 aliphatic carbocycles. The fraction of sp³-hybridized carbons (Fsp3) is 0.667. The van der Waals surface area contributed by atoms with Gasteiger partial charge in [-0.15, -0.1) is 0 Å². The average Bonchev–Trinajstić information content (AvgIpc) is 2.89. The van der Waals surface area contributed by atoms with Crippen molar-refractivity contribution in [1.29, 1.82) is 0 Å². The molecule has 5 rings (SSSR count). The van der Waals surface area contributed by atoms with Crippen molar-refractivity contribution in [1.82, 2.24) is 21.3 Å². The van der Waals surface area contributed by atoms with Crippen molar-refractivity contribution in [2.75, 3.05) is 27.4 Å². The van der Waals surface area contributed by atoms with Gasteiger partial charge in [-0.05, 0) is 44.2 Å². The van der Waals surface area contributed by atoms with Crippen LogP contribution in [0.3, 0.4) is 0 Å². The topological polar surface area (TPSA) is 139 Å². The molecule has 2 amide bonds. The van der Waals surface area contributed by atoms with Gasteiger partial charge in [0.15, 0.2) is 13.0 Å². The van der Waals surface area contributed by atoms with Crippen LogP contribution in [-0.2, 0) is 23.8 Å². The average molecular weight is 545 g/mol. The summed E-state index contributed by atoms with van der Waals surface area (Å²) in [5, 5.41) is 23.0. The normalized spacial score (nSPS) is 33.1. The molecule has 0 radical (unpaired) electrons. The molecule has 4 aliphatic rings. The SMILES string of the molecule is COC1CC(OC)NC(OCC(=O)NC23CCC(NC(=O)COc4ccc(Cl)c(F)c4)(CC2)C[C@@H]3O)N1. The van der Waals surface area contributed by atoms with Gasteiger partial charge in [0.05, 0.1) is 16.7 Å². The molecule has 206 valence electrons. The second kappa shape index (κ2) is 11.8. The Bertz CT molecular complexity index is 966. The summed E-state index contributed by atoms with van der Waals surface area (Å²) in [7, 11) is 3.14. The minimum Gasteiger partial charge on any atom is -0.484 e. The number of fused-ring (bicyclic) bond motifs is 3. The second-order valence-electron chi connectivity index (χ2n) is 9.83. The lowest BCUT2D eigenvalue weighted by Gasteiger charge is -2.56. The molecule has 1 aromatic carbocycles. The zero-order valence-electron chi connectivity index (χ0n) is 20.9. The van der Waals surface area contributed by atoms with Crippen molar-refractivity contribution in [3.8, 4) is 5.75 Å². The first-order chi connectivity index (χ1) is 17.7. The highest BCUT2D eigenvalue weighted by Crippen LogP contribution is 2.47. The van der Waals surface area contributed by atoms with Crippen molar-refractivity contribution < 1.29 is 38.0 Å². The van der Waals surface area contributed by atoms with Crippen LogP contribution in [0.2, 0.25) is 5.02 Å². The standard InChI is InChI=1S/C24H34ClFN4O7/c1-34-20-10-21(35-2)28-22(27-20)37-13-19(33)30-24-7-5-23(6-8-24,11-17(24)31)29-18(32)12-36-14-3-4-15(25)16(26)9-14/h3-4,9,17,20-22,27-28,31H,5-8,10-13H2,1-2H3,(H,29,32)(H,30,33)/t17-,20?,21?,22?,23?,24?/m0/s1. The molecular formula is C24H34ClFN4O7. The molecule has 3 saturated carbocycles. The van der Waals surface area contributed by atoms with Crippen molar-refractivity contribution in [2.24, 2.45) is 0 Å². The lowest BCUT2D eigenvalue weighted by Crippen LogP contribution is -2.70. The molecule has 13 heteroatoms. The summed E-state index contributed by atoms with van der Waals surface area (Å²) in [6, 6.07) is 3.95. The highest BCUT2D eigenvalue weighted by molar-refractivity contribution is 6.30. The Kier molecular flexibility index (Phi) is 8.89. The van der Waals surface area contributed by atoms with Crippen molar-refractivity contribution in [2.45, 2.75) is 74.5 Å². The highest BCUT2D eigenvalue weighted by Gasteiger charge is 2.55. The van der Waals surface area contributed by atoms with E-state index in [-0.39, 0.29) is 48.3 Å². The number of hydrogen-bond acceptors (Lipinski definition) is 9. The lowest BCUT2D eigenvalue weighted by molar-refractivity contribution is -0.151. The Hall–Kier alpha value is -2.06. The summed E-state index contributed by atoms with van der Waals surface area (Å²) in [5.41, 5.74) is -1.36. The van der Waals surface area contributed by atoms with Gasteiger partial charge in [0.25, 0.3) is 5.91 Å². The maximum Gasteiger partial charge on any atom is 0.258 e. The summed E-state index contributed by atoms with van der Waals surface area (Å²) >= 11 is 5.66. The van der Waals surface area contributed by atoms with E-state index in [0.29, 0.717) is 38.5 Å². The number of aliphatic hydroxyl groups is 1. The highest BCUT2D eigenvalue weighted by atomic mass is 35.5. The molecule has 2 unspecified atom stereocenters. The Balaban J connectivity index is 1.24. The molecule has 1 heterocycles. The van der Waals surface area contributed by atoms with Crippen LogP contribution < -0.4 is 26.0 Å².